The second-order valence-corrected chi connectivity index (χ2v) is 4.86. The first kappa shape index (κ1) is 14.5. The third-order valence-corrected chi connectivity index (χ3v) is 3.77. The summed E-state index contributed by atoms with van der Waals surface area (Å²) in [6.45, 7) is 0. The number of halogens is 5. The topological polar surface area (TPSA) is 9.23 Å². The van der Waals surface area contributed by atoms with E-state index >= 15 is 0 Å². The highest BCUT2D eigenvalue weighted by atomic mass is 79.9. The van der Waals surface area contributed by atoms with Crippen molar-refractivity contribution < 1.29 is 17.9 Å². The molecule has 0 aromatic heterocycles. The smallest absolute Gasteiger partial charge is 0.420 e. The molecule has 0 bridgehead atoms. The maximum Gasteiger partial charge on any atom is 0.420 e. The third kappa shape index (κ3) is 2.54. The molecule has 1 nitrogen and oxygen atoms in total. The number of hydrogen-bond acceptors (Lipinski definition) is 1. The van der Waals surface area contributed by atoms with Crippen LogP contribution in [0.15, 0.2) is 24.3 Å². The predicted octanol–water partition coefficient (Wildman–Crippen LogP) is 5.42. The lowest BCUT2D eigenvalue weighted by atomic mass is 9.99. The molecule has 0 saturated heterocycles. The molecule has 2 aromatic rings. The summed E-state index contributed by atoms with van der Waals surface area (Å²) >= 11 is 9.24. The number of benzene rings is 2. The van der Waals surface area contributed by atoms with E-state index in [9.17, 15) is 13.2 Å². The number of alkyl halides is 4. The molecule has 0 aliphatic heterocycles. The van der Waals surface area contributed by atoms with Crippen LogP contribution in [0.25, 0.3) is 10.8 Å². The van der Waals surface area contributed by atoms with Crippen molar-refractivity contribution in [1.82, 2.24) is 0 Å². The summed E-state index contributed by atoms with van der Waals surface area (Å²) in [5.41, 5.74) is -0.140. The monoisotopic (exact) mass is 352 g/mol. The van der Waals surface area contributed by atoms with E-state index in [2.05, 4.69) is 15.9 Å². The van der Waals surface area contributed by atoms with Crippen LogP contribution < -0.4 is 4.74 Å². The molecule has 0 N–H and O–H groups in total. The van der Waals surface area contributed by atoms with Crippen molar-refractivity contribution in [2.75, 3.05) is 7.11 Å². The molecule has 6 heteroatoms. The van der Waals surface area contributed by atoms with Gasteiger partial charge in [-0.1, -0.05) is 39.7 Å². The fourth-order valence-electron chi connectivity index (χ4n) is 2.02. The Balaban J connectivity index is 2.91. The lowest BCUT2D eigenvalue weighted by molar-refractivity contribution is -0.137. The predicted molar refractivity (Wildman–Crippen MR) is 73.1 cm³/mol. The van der Waals surface area contributed by atoms with Crippen LogP contribution in [-0.4, -0.2) is 7.11 Å². The van der Waals surface area contributed by atoms with Gasteiger partial charge in [0.1, 0.15) is 11.3 Å². The first-order chi connectivity index (χ1) is 8.90. The van der Waals surface area contributed by atoms with Gasteiger partial charge in [-0.2, -0.15) is 13.2 Å². The van der Waals surface area contributed by atoms with Gasteiger partial charge in [0.15, 0.2) is 0 Å². The summed E-state index contributed by atoms with van der Waals surface area (Å²) < 4.78 is 44.3. The van der Waals surface area contributed by atoms with Gasteiger partial charge in [0, 0.05) is 10.4 Å². The van der Waals surface area contributed by atoms with E-state index in [4.69, 9.17) is 16.3 Å². The number of hydrogen-bond donors (Lipinski definition) is 0. The molecule has 0 heterocycles. The Kier molecular flexibility index (Phi) is 3.97. The Bertz CT molecular complexity index is 625. The average Bonchev–Trinajstić information content (AvgIpc) is 2.36. The number of methoxy groups -OCH3 is 1. The Morgan fingerprint density at radius 3 is 2.32 bits per heavy atom. The number of rotatable bonds is 2. The van der Waals surface area contributed by atoms with Crippen LogP contribution in [0, 0.1) is 0 Å². The highest BCUT2D eigenvalue weighted by Crippen LogP contribution is 2.43. The molecule has 0 unspecified atom stereocenters. The van der Waals surface area contributed by atoms with Gasteiger partial charge in [-0.3, -0.25) is 0 Å². The minimum atomic E-state index is -4.48. The van der Waals surface area contributed by atoms with Crippen molar-refractivity contribution in [3.8, 4) is 5.75 Å². The molecular formula is C13H9BrClF3O. The van der Waals surface area contributed by atoms with Gasteiger partial charge in [-0.05, 0) is 28.5 Å². The van der Waals surface area contributed by atoms with Gasteiger partial charge in [-0.15, -0.1) is 0 Å². The summed E-state index contributed by atoms with van der Waals surface area (Å²) in [6, 6.07) is 5.74. The first-order valence-electron chi connectivity index (χ1n) is 5.31. The first-order valence-corrected chi connectivity index (χ1v) is 6.81. The van der Waals surface area contributed by atoms with Crippen LogP contribution in [0.3, 0.4) is 0 Å². The lowest BCUT2D eigenvalue weighted by Crippen LogP contribution is -2.08. The minimum absolute atomic E-state index is 0.0886. The molecule has 0 aliphatic rings. The molecule has 2 aromatic carbocycles. The summed E-state index contributed by atoms with van der Waals surface area (Å²) in [6.07, 6.45) is -4.48. The molecule has 2 rings (SSSR count). The third-order valence-electron chi connectivity index (χ3n) is 2.85. The molecule has 19 heavy (non-hydrogen) atoms. The van der Waals surface area contributed by atoms with E-state index in [1.165, 1.54) is 25.3 Å². The molecular weight excluding hydrogens is 344 g/mol. The van der Waals surface area contributed by atoms with Gasteiger partial charge < -0.3 is 4.74 Å². The second kappa shape index (κ2) is 5.21. The zero-order valence-corrected chi connectivity index (χ0v) is 12.2. The van der Waals surface area contributed by atoms with E-state index < -0.39 is 11.7 Å². The highest BCUT2D eigenvalue weighted by Gasteiger charge is 2.36. The van der Waals surface area contributed by atoms with E-state index in [0.717, 1.165) is 0 Å². The zero-order valence-electron chi connectivity index (χ0n) is 9.81. The highest BCUT2D eigenvalue weighted by molar-refractivity contribution is 9.08. The van der Waals surface area contributed by atoms with E-state index in [-0.39, 0.29) is 11.1 Å². The van der Waals surface area contributed by atoms with Crippen molar-refractivity contribution in [2.45, 2.75) is 11.5 Å². The van der Waals surface area contributed by atoms with Gasteiger partial charge in [0.25, 0.3) is 0 Å². The normalized spacial score (nSPS) is 11.9. The van der Waals surface area contributed by atoms with E-state index in [0.29, 0.717) is 21.3 Å². The zero-order chi connectivity index (χ0) is 14.2. The van der Waals surface area contributed by atoms with Crippen molar-refractivity contribution >= 4 is 38.3 Å². The molecule has 0 amide bonds. The molecule has 0 radical (unpaired) electrons. The summed E-state index contributed by atoms with van der Waals surface area (Å²) in [5, 5.41) is 1.37. The quantitative estimate of drug-likeness (QED) is 0.655. The Hall–Kier alpha value is -0.940. The molecule has 0 spiro atoms. The van der Waals surface area contributed by atoms with Crippen LogP contribution in [0.2, 0.25) is 5.02 Å². The largest absolute Gasteiger partial charge is 0.496 e. The van der Waals surface area contributed by atoms with Gasteiger partial charge in [0.2, 0.25) is 0 Å². The van der Waals surface area contributed by atoms with Crippen molar-refractivity contribution in [3.05, 3.63) is 40.4 Å². The van der Waals surface area contributed by atoms with Crippen molar-refractivity contribution in [3.63, 3.8) is 0 Å². The van der Waals surface area contributed by atoms with Gasteiger partial charge >= 0.3 is 6.18 Å². The maximum absolute atomic E-state index is 13.2. The average molecular weight is 354 g/mol. The Morgan fingerprint density at radius 2 is 1.79 bits per heavy atom. The number of ether oxygens (including phenoxy) is 1. The van der Waals surface area contributed by atoms with Crippen LogP contribution in [-0.2, 0) is 11.5 Å². The summed E-state index contributed by atoms with van der Waals surface area (Å²) in [7, 11) is 1.22. The fourth-order valence-corrected chi connectivity index (χ4v) is 3.02. The molecule has 0 atom stereocenters. The maximum atomic E-state index is 13.2. The second-order valence-electron chi connectivity index (χ2n) is 3.90. The Labute approximate surface area is 121 Å². The van der Waals surface area contributed by atoms with Crippen molar-refractivity contribution in [1.29, 1.82) is 0 Å². The van der Waals surface area contributed by atoms with Crippen LogP contribution in [0.4, 0.5) is 13.2 Å². The lowest BCUT2D eigenvalue weighted by Gasteiger charge is -2.16. The van der Waals surface area contributed by atoms with Crippen LogP contribution in [0.5, 0.6) is 5.75 Å². The summed E-state index contributed by atoms with van der Waals surface area (Å²) in [5.74, 6) is -0.192. The molecule has 0 fully saturated rings. The number of fused-ring (bicyclic) bond motifs is 1. The summed E-state index contributed by atoms with van der Waals surface area (Å²) in [4.78, 5) is 0. The van der Waals surface area contributed by atoms with Crippen LogP contribution >= 0.6 is 27.5 Å². The minimum Gasteiger partial charge on any atom is -0.496 e. The molecule has 0 aliphatic carbocycles. The molecule has 0 saturated carbocycles. The van der Waals surface area contributed by atoms with Crippen molar-refractivity contribution in [2.24, 2.45) is 0 Å². The van der Waals surface area contributed by atoms with Gasteiger partial charge in [0.05, 0.1) is 7.11 Å². The fraction of sp³-hybridized carbons (Fsp3) is 0.231. The Morgan fingerprint density at radius 1 is 1.16 bits per heavy atom. The SMILES string of the molecule is COc1ccc2c(CBr)c(Cl)ccc2c1C(F)(F)F. The standard InChI is InChI=1S/C13H9BrClF3O/c1-19-11-5-3-7-8(12(11)13(16,17)18)2-4-10(15)9(7)6-14/h2-5H,6H2,1H3. The van der Waals surface area contributed by atoms with Crippen LogP contribution in [0.1, 0.15) is 11.1 Å². The molecule has 102 valence electrons. The van der Waals surface area contributed by atoms with E-state index in [1.807, 2.05) is 0 Å². The van der Waals surface area contributed by atoms with Gasteiger partial charge in [-0.25, -0.2) is 0 Å². The van der Waals surface area contributed by atoms with E-state index in [1.54, 1.807) is 6.07 Å².